The largest absolute Gasteiger partial charge is 0.399 e. The summed E-state index contributed by atoms with van der Waals surface area (Å²) in [5.41, 5.74) is 6.41. The van der Waals surface area contributed by atoms with Crippen LogP contribution in [0.3, 0.4) is 0 Å². The molecule has 2 rings (SSSR count). The smallest absolute Gasteiger partial charge is 0.126 e. The van der Waals surface area contributed by atoms with E-state index in [9.17, 15) is 13.0 Å². The molecular formula is C13H10BrF2NOS. The van der Waals surface area contributed by atoms with Gasteiger partial charge in [0.15, 0.2) is 0 Å². The van der Waals surface area contributed by atoms with Crippen LogP contribution in [0.25, 0.3) is 0 Å². The molecule has 2 nitrogen and oxygen atoms in total. The third-order valence-corrected chi connectivity index (χ3v) is 4.53. The minimum Gasteiger partial charge on any atom is -0.399 e. The molecule has 0 heterocycles. The first kappa shape index (κ1) is 14.1. The lowest BCUT2D eigenvalue weighted by Crippen LogP contribution is -2.00. The van der Waals surface area contributed by atoms with E-state index in [0.717, 1.165) is 6.07 Å². The number of hydrogen-bond acceptors (Lipinski definition) is 2. The van der Waals surface area contributed by atoms with Crippen molar-refractivity contribution in [3.63, 3.8) is 0 Å². The average molecular weight is 346 g/mol. The summed E-state index contributed by atoms with van der Waals surface area (Å²) >= 11 is 3.20. The van der Waals surface area contributed by atoms with Gasteiger partial charge in [-0.05, 0) is 35.9 Å². The summed E-state index contributed by atoms with van der Waals surface area (Å²) in [5, 5.41) is 0. The topological polar surface area (TPSA) is 43.1 Å². The molecule has 0 amide bonds. The Balaban J connectivity index is 2.25. The Bertz CT molecular complexity index is 628. The normalized spacial score (nSPS) is 12.4. The molecule has 0 aliphatic heterocycles. The predicted molar refractivity (Wildman–Crippen MR) is 75.0 cm³/mol. The van der Waals surface area contributed by atoms with Crippen molar-refractivity contribution >= 4 is 32.4 Å². The first-order valence-electron chi connectivity index (χ1n) is 5.34. The van der Waals surface area contributed by atoms with Crippen LogP contribution in [0.4, 0.5) is 14.5 Å². The number of hydrogen-bond donors (Lipinski definition) is 1. The van der Waals surface area contributed by atoms with Crippen molar-refractivity contribution in [1.29, 1.82) is 0 Å². The van der Waals surface area contributed by atoms with Gasteiger partial charge in [-0.15, -0.1) is 0 Å². The van der Waals surface area contributed by atoms with E-state index >= 15 is 0 Å². The second kappa shape index (κ2) is 5.79. The first-order valence-corrected chi connectivity index (χ1v) is 7.45. The predicted octanol–water partition coefficient (Wildman–Crippen LogP) is 3.62. The Kier molecular flexibility index (Phi) is 4.31. The highest BCUT2D eigenvalue weighted by molar-refractivity contribution is 9.10. The summed E-state index contributed by atoms with van der Waals surface area (Å²) in [6, 6.07) is 7.94. The Morgan fingerprint density at radius 3 is 2.47 bits per heavy atom. The van der Waals surface area contributed by atoms with Gasteiger partial charge in [-0.25, -0.2) is 8.78 Å². The fraction of sp³-hybridized carbons (Fsp3) is 0.0769. The molecule has 0 fully saturated rings. The van der Waals surface area contributed by atoms with E-state index in [4.69, 9.17) is 5.73 Å². The second-order valence-electron chi connectivity index (χ2n) is 3.95. The maximum atomic E-state index is 13.2. The SMILES string of the molecule is Nc1cc(F)cc(S(=O)Cc2ccc(F)cc2Br)c1. The van der Waals surface area contributed by atoms with Crippen molar-refractivity contribution in [2.24, 2.45) is 0 Å². The standard InChI is InChI=1S/C13H10BrF2NOS/c14-13-5-9(15)2-1-8(13)7-19(18)12-4-10(16)3-11(17)6-12/h1-6H,7,17H2. The van der Waals surface area contributed by atoms with Crippen molar-refractivity contribution in [2.45, 2.75) is 10.6 Å². The van der Waals surface area contributed by atoms with E-state index < -0.39 is 16.6 Å². The van der Waals surface area contributed by atoms with Gasteiger partial charge in [0.25, 0.3) is 0 Å². The van der Waals surface area contributed by atoms with Gasteiger partial charge in [0.2, 0.25) is 0 Å². The summed E-state index contributed by atoms with van der Waals surface area (Å²) < 4.78 is 38.8. The van der Waals surface area contributed by atoms with Gasteiger partial charge in [0.05, 0.1) is 16.6 Å². The zero-order valence-corrected chi connectivity index (χ0v) is 12.1. The molecule has 2 N–H and O–H groups in total. The second-order valence-corrected chi connectivity index (χ2v) is 6.25. The number of benzene rings is 2. The van der Waals surface area contributed by atoms with Crippen LogP contribution in [0.15, 0.2) is 45.8 Å². The number of rotatable bonds is 3. The highest BCUT2D eigenvalue weighted by Crippen LogP contribution is 2.23. The molecule has 0 saturated carbocycles. The molecule has 19 heavy (non-hydrogen) atoms. The number of halogens is 3. The quantitative estimate of drug-likeness (QED) is 0.863. The maximum Gasteiger partial charge on any atom is 0.126 e. The van der Waals surface area contributed by atoms with Crippen LogP contribution in [0.1, 0.15) is 5.56 Å². The lowest BCUT2D eigenvalue weighted by atomic mass is 10.2. The molecule has 0 spiro atoms. The Labute approximate surface area is 120 Å². The van der Waals surface area contributed by atoms with Crippen molar-refractivity contribution in [2.75, 3.05) is 5.73 Å². The van der Waals surface area contributed by atoms with Gasteiger partial charge in [-0.1, -0.05) is 22.0 Å². The summed E-state index contributed by atoms with van der Waals surface area (Å²) in [4.78, 5) is 0.314. The van der Waals surface area contributed by atoms with Crippen LogP contribution in [-0.2, 0) is 16.6 Å². The van der Waals surface area contributed by atoms with E-state index in [1.54, 1.807) is 6.07 Å². The van der Waals surface area contributed by atoms with Crippen molar-refractivity contribution in [3.8, 4) is 0 Å². The van der Waals surface area contributed by atoms with Crippen molar-refractivity contribution in [3.05, 3.63) is 58.1 Å². The lowest BCUT2D eigenvalue weighted by Gasteiger charge is -2.06. The zero-order chi connectivity index (χ0) is 14.0. The van der Waals surface area contributed by atoms with E-state index in [1.165, 1.54) is 24.3 Å². The van der Waals surface area contributed by atoms with Gasteiger partial charge in [0, 0.05) is 15.1 Å². The van der Waals surface area contributed by atoms with Crippen LogP contribution >= 0.6 is 15.9 Å². The fourth-order valence-electron chi connectivity index (χ4n) is 1.58. The van der Waals surface area contributed by atoms with E-state index in [-0.39, 0.29) is 17.3 Å². The van der Waals surface area contributed by atoms with Crippen LogP contribution in [-0.4, -0.2) is 4.21 Å². The highest BCUT2D eigenvalue weighted by Gasteiger charge is 2.10. The summed E-state index contributed by atoms with van der Waals surface area (Å²) in [6.45, 7) is 0. The fourth-order valence-corrected chi connectivity index (χ4v) is 3.47. The molecule has 0 saturated heterocycles. The van der Waals surface area contributed by atoms with E-state index in [2.05, 4.69) is 15.9 Å². The van der Waals surface area contributed by atoms with Gasteiger partial charge < -0.3 is 5.73 Å². The molecule has 6 heteroatoms. The summed E-state index contributed by atoms with van der Waals surface area (Å²) in [5.74, 6) is -0.748. The zero-order valence-electron chi connectivity index (χ0n) is 9.70. The molecule has 0 bridgehead atoms. The Morgan fingerprint density at radius 2 is 1.84 bits per heavy atom. The van der Waals surface area contributed by atoms with Gasteiger partial charge in [-0.2, -0.15) is 0 Å². The number of nitrogen functional groups attached to an aromatic ring is 1. The summed E-state index contributed by atoms with van der Waals surface area (Å²) in [6.07, 6.45) is 0. The van der Waals surface area contributed by atoms with Gasteiger partial charge in [-0.3, -0.25) is 4.21 Å². The maximum absolute atomic E-state index is 13.2. The molecular weight excluding hydrogens is 336 g/mol. The number of anilines is 1. The van der Waals surface area contributed by atoms with Crippen LogP contribution in [0, 0.1) is 11.6 Å². The van der Waals surface area contributed by atoms with E-state index in [1.807, 2.05) is 0 Å². The molecule has 0 aromatic heterocycles. The van der Waals surface area contributed by atoms with Crippen molar-refractivity contribution < 1.29 is 13.0 Å². The Hall–Kier alpha value is -1.27. The molecule has 1 unspecified atom stereocenters. The average Bonchev–Trinajstić information content (AvgIpc) is 2.31. The molecule has 1 atom stereocenters. The first-order chi connectivity index (χ1) is 8.95. The van der Waals surface area contributed by atoms with Gasteiger partial charge >= 0.3 is 0 Å². The van der Waals surface area contributed by atoms with Crippen molar-refractivity contribution in [1.82, 2.24) is 0 Å². The molecule has 0 aliphatic rings. The van der Waals surface area contributed by atoms with Gasteiger partial charge in [0.1, 0.15) is 11.6 Å². The Morgan fingerprint density at radius 1 is 1.11 bits per heavy atom. The minimum absolute atomic E-state index is 0.157. The lowest BCUT2D eigenvalue weighted by molar-refractivity contribution is 0.623. The van der Waals surface area contributed by atoms with Crippen LogP contribution < -0.4 is 5.73 Å². The summed E-state index contributed by atoms with van der Waals surface area (Å²) in [7, 11) is -1.44. The molecule has 2 aromatic carbocycles. The minimum atomic E-state index is -1.44. The number of nitrogens with two attached hydrogens (primary N) is 1. The van der Waals surface area contributed by atoms with Crippen LogP contribution in [0.2, 0.25) is 0 Å². The monoisotopic (exact) mass is 345 g/mol. The molecule has 2 aromatic rings. The molecule has 0 radical (unpaired) electrons. The molecule has 100 valence electrons. The molecule has 0 aliphatic carbocycles. The highest BCUT2D eigenvalue weighted by atomic mass is 79.9. The third kappa shape index (κ3) is 3.61. The van der Waals surface area contributed by atoms with E-state index in [0.29, 0.717) is 14.9 Å². The third-order valence-electron chi connectivity index (χ3n) is 2.46. The van der Waals surface area contributed by atoms with Crippen LogP contribution in [0.5, 0.6) is 0 Å².